The number of anilines is 1. The highest BCUT2D eigenvalue weighted by Gasteiger charge is 2.34. The molecule has 1 aromatic carbocycles. The zero-order valence-electron chi connectivity index (χ0n) is 17.8. The van der Waals surface area contributed by atoms with Gasteiger partial charge in [-0.3, -0.25) is 4.79 Å². The Morgan fingerprint density at radius 3 is 2.78 bits per heavy atom. The van der Waals surface area contributed by atoms with Crippen LogP contribution in [0, 0.1) is 5.92 Å². The molecular weight excluding hydrogens is 452 g/mol. The number of rotatable bonds is 5. The third-order valence-corrected chi connectivity index (χ3v) is 8.50. The third-order valence-electron chi connectivity index (χ3n) is 5.62. The maximum absolute atomic E-state index is 12.9. The number of fused-ring (bicyclic) bond motifs is 1. The predicted octanol–water partition coefficient (Wildman–Crippen LogP) is 2.70. The van der Waals surface area contributed by atoms with E-state index >= 15 is 0 Å². The average molecular weight is 479 g/mol. The summed E-state index contributed by atoms with van der Waals surface area (Å²) in [6, 6.07) is 8.28. The molecule has 4 rings (SSSR count). The van der Waals surface area contributed by atoms with Gasteiger partial charge in [-0.05, 0) is 31.9 Å². The maximum atomic E-state index is 12.9. The molecule has 0 bridgehead atoms. The van der Waals surface area contributed by atoms with Crippen LogP contribution in [0.1, 0.15) is 30.3 Å². The number of sulfonamides is 1. The molecule has 2 amide bonds. The van der Waals surface area contributed by atoms with E-state index in [4.69, 9.17) is 4.74 Å². The second-order valence-corrected chi connectivity index (χ2v) is 10.8. The van der Waals surface area contributed by atoms with Gasteiger partial charge in [-0.25, -0.2) is 18.2 Å². The Morgan fingerprint density at radius 2 is 2.03 bits per heavy atom. The lowest BCUT2D eigenvalue weighted by Gasteiger charge is -2.31. The van der Waals surface area contributed by atoms with Crippen molar-refractivity contribution in [2.24, 2.45) is 5.92 Å². The number of aromatic nitrogens is 1. The van der Waals surface area contributed by atoms with Crippen LogP contribution < -0.4 is 5.32 Å². The molecule has 2 aliphatic rings. The molecule has 32 heavy (non-hydrogen) atoms. The van der Waals surface area contributed by atoms with E-state index in [2.05, 4.69) is 10.3 Å². The zero-order valence-corrected chi connectivity index (χ0v) is 19.5. The summed E-state index contributed by atoms with van der Waals surface area (Å²) in [5.74, 6) is -0.675. The van der Waals surface area contributed by atoms with Crippen molar-refractivity contribution >= 4 is 38.5 Å². The van der Waals surface area contributed by atoms with Gasteiger partial charge in [0.05, 0.1) is 29.7 Å². The molecule has 1 aromatic heterocycles. The van der Waals surface area contributed by atoms with E-state index in [-0.39, 0.29) is 23.4 Å². The fraction of sp³-hybridized carbons (Fsp3) is 0.476. The quantitative estimate of drug-likeness (QED) is 0.708. The van der Waals surface area contributed by atoms with E-state index in [1.807, 2.05) is 0 Å². The van der Waals surface area contributed by atoms with Crippen molar-refractivity contribution in [1.82, 2.24) is 14.2 Å². The van der Waals surface area contributed by atoms with E-state index in [0.29, 0.717) is 50.6 Å². The minimum Gasteiger partial charge on any atom is -0.450 e. The number of nitrogens with one attached hydrogen (secondary N) is 1. The van der Waals surface area contributed by atoms with E-state index in [1.54, 1.807) is 42.2 Å². The van der Waals surface area contributed by atoms with Gasteiger partial charge in [-0.15, -0.1) is 0 Å². The summed E-state index contributed by atoms with van der Waals surface area (Å²) in [5.41, 5.74) is 0.878. The molecule has 0 radical (unpaired) electrons. The van der Waals surface area contributed by atoms with Gasteiger partial charge >= 0.3 is 6.09 Å². The molecule has 3 heterocycles. The predicted molar refractivity (Wildman–Crippen MR) is 120 cm³/mol. The fourth-order valence-corrected chi connectivity index (χ4v) is 6.51. The first-order valence-electron chi connectivity index (χ1n) is 10.6. The van der Waals surface area contributed by atoms with Crippen molar-refractivity contribution in [2.75, 3.05) is 31.6 Å². The van der Waals surface area contributed by atoms with Gasteiger partial charge < -0.3 is 15.0 Å². The number of benzene rings is 1. The number of hydrogen-bond acceptors (Lipinski definition) is 7. The van der Waals surface area contributed by atoms with Crippen molar-refractivity contribution in [3.63, 3.8) is 0 Å². The van der Waals surface area contributed by atoms with Crippen LogP contribution in [0.25, 0.3) is 0 Å². The number of carbonyl (C=O) groups is 2. The summed E-state index contributed by atoms with van der Waals surface area (Å²) < 4.78 is 32.3. The van der Waals surface area contributed by atoms with Crippen LogP contribution in [-0.4, -0.2) is 60.8 Å². The Balaban J connectivity index is 1.40. The van der Waals surface area contributed by atoms with Gasteiger partial charge in [0.2, 0.25) is 15.9 Å². The zero-order chi connectivity index (χ0) is 22.7. The number of ether oxygens (including phenoxy) is 1. The van der Waals surface area contributed by atoms with Crippen molar-refractivity contribution in [3.05, 3.63) is 40.9 Å². The lowest BCUT2D eigenvalue weighted by atomic mass is 9.99. The van der Waals surface area contributed by atoms with E-state index in [0.717, 1.165) is 10.6 Å². The fourth-order valence-electron chi connectivity index (χ4n) is 3.94. The largest absolute Gasteiger partial charge is 0.450 e. The highest BCUT2D eigenvalue weighted by molar-refractivity contribution is 7.89. The van der Waals surface area contributed by atoms with Crippen molar-refractivity contribution in [3.8, 4) is 0 Å². The van der Waals surface area contributed by atoms with Crippen LogP contribution in [0.2, 0.25) is 0 Å². The highest BCUT2D eigenvalue weighted by atomic mass is 32.2. The molecule has 172 valence electrons. The molecule has 11 heteroatoms. The van der Waals surface area contributed by atoms with Gasteiger partial charge in [-0.2, -0.15) is 4.31 Å². The van der Waals surface area contributed by atoms with Crippen LogP contribution in [0.3, 0.4) is 0 Å². The molecule has 0 saturated carbocycles. The van der Waals surface area contributed by atoms with Crippen LogP contribution in [-0.2, 0) is 32.5 Å². The van der Waals surface area contributed by atoms with Gasteiger partial charge in [0, 0.05) is 30.9 Å². The second-order valence-electron chi connectivity index (χ2n) is 7.76. The number of carbonyl (C=O) groups excluding carboxylic acids is 2. The SMILES string of the molecule is CCOC(=O)N1CCc2nc(NC(=O)C3CCCN(S(=O)(=O)c4ccccc4)C3)sc2C1. The molecule has 2 aromatic rings. The van der Waals surface area contributed by atoms with Crippen LogP contribution in [0.15, 0.2) is 35.2 Å². The van der Waals surface area contributed by atoms with Gasteiger partial charge in [0.15, 0.2) is 5.13 Å². The number of hydrogen-bond donors (Lipinski definition) is 1. The Labute approximate surface area is 191 Å². The average Bonchev–Trinajstić information content (AvgIpc) is 3.21. The van der Waals surface area contributed by atoms with E-state index in [9.17, 15) is 18.0 Å². The first kappa shape index (κ1) is 22.7. The van der Waals surface area contributed by atoms with Crippen molar-refractivity contribution in [1.29, 1.82) is 0 Å². The Morgan fingerprint density at radius 1 is 1.25 bits per heavy atom. The molecule has 1 unspecified atom stereocenters. The first-order chi connectivity index (χ1) is 15.4. The van der Waals surface area contributed by atoms with Gasteiger partial charge in [-0.1, -0.05) is 29.5 Å². The monoisotopic (exact) mass is 478 g/mol. The molecule has 2 aliphatic heterocycles. The standard InChI is InChI=1S/C21H26N4O5S2/c1-2-30-21(27)24-12-10-17-18(14-24)31-20(22-17)23-19(26)15-7-6-11-25(13-15)32(28,29)16-8-4-3-5-9-16/h3-5,8-9,15H,2,6-7,10-14H2,1H3,(H,22,23,26). The van der Waals surface area contributed by atoms with Crippen LogP contribution in [0.5, 0.6) is 0 Å². The molecule has 0 spiro atoms. The summed E-state index contributed by atoms with van der Waals surface area (Å²) in [5, 5.41) is 3.34. The molecular formula is C21H26N4O5S2. The minimum atomic E-state index is -3.63. The maximum Gasteiger partial charge on any atom is 0.410 e. The summed E-state index contributed by atoms with van der Waals surface area (Å²) in [4.78, 5) is 32.2. The molecule has 1 saturated heterocycles. The molecule has 1 N–H and O–H groups in total. The van der Waals surface area contributed by atoms with E-state index < -0.39 is 15.9 Å². The molecule has 0 aliphatic carbocycles. The number of thiazole rings is 1. The molecule has 1 atom stereocenters. The van der Waals surface area contributed by atoms with Gasteiger partial charge in [0.1, 0.15) is 0 Å². The van der Waals surface area contributed by atoms with Crippen molar-refractivity contribution in [2.45, 2.75) is 37.6 Å². The molecule has 9 nitrogen and oxygen atoms in total. The second kappa shape index (κ2) is 9.55. The Hall–Kier alpha value is -2.50. The van der Waals surface area contributed by atoms with Crippen molar-refractivity contribution < 1.29 is 22.7 Å². The molecule has 1 fully saturated rings. The Kier molecular flexibility index (Phi) is 6.77. The van der Waals surface area contributed by atoms with E-state index in [1.165, 1.54) is 15.6 Å². The normalized spacial score (nSPS) is 19.3. The first-order valence-corrected chi connectivity index (χ1v) is 12.9. The summed E-state index contributed by atoms with van der Waals surface area (Å²) in [6.07, 6.45) is 1.49. The lowest BCUT2D eigenvalue weighted by molar-refractivity contribution is -0.120. The number of piperidine rings is 1. The summed E-state index contributed by atoms with van der Waals surface area (Å²) in [6.45, 7) is 3.57. The van der Waals surface area contributed by atoms with Crippen LogP contribution in [0.4, 0.5) is 9.93 Å². The smallest absolute Gasteiger partial charge is 0.410 e. The van der Waals surface area contributed by atoms with Crippen LogP contribution >= 0.6 is 11.3 Å². The Bertz CT molecular complexity index is 1090. The van der Waals surface area contributed by atoms with Gasteiger partial charge in [0.25, 0.3) is 0 Å². The third kappa shape index (κ3) is 4.79. The number of amides is 2. The highest BCUT2D eigenvalue weighted by Crippen LogP contribution is 2.30. The summed E-state index contributed by atoms with van der Waals surface area (Å²) in [7, 11) is -3.63. The topological polar surface area (TPSA) is 109 Å². The lowest BCUT2D eigenvalue weighted by Crippen LogP contribution is -2.43. The summed E-state index contributed by atoms with van der Waals surface area (Å²) >= 11 is 1.35. The number of nitrogens with zero attached hydrogens (tertiary/aromatic N) is 3. The minimum absolute atomic E-state index is 0.144.